The van der Waals surface area contributed by atoms with Crippen molar-refractivity contribution in [1.82, 2.24) is 14.8 Å². The van der Waals surface area contributed by atoms with E-state index in [4.69, 9.17) is 0 Å². The molecule has 0 bridgehead atoms. The number of aromatic nitrogens is 3. The smallest absolute Gasteiger partial charge is 0.168 e. The summed E-state index contributed by atoms with van der Waals surface area (Å²) in [6.45, 7) is 0. The molecule has 0 aliphatic heterocycles. The van der Waals surface area contributed by atoms with Crippen molar-refractivity contribution in [3.05, 3.63) is 35.3 Å². The van der Waals surface area contributed by atoms with Crippen LogP contribution in [0.5, 0.6) is 5.75 Å². The second-order valence-electron chi connectivity index (χ2n) is 2.44. The lowest BCUT2D eigenvalue weighted by molar-refractivity contribution is 0.471. The highest BCUT2D eigenvalue weighted by molar-refractivity contribution is 9.10. The molecule has 0 atom stereocenters. The quantitative estimate of drug-likeness (QED) is 0.825. The Hall–Kier alpha value is -1.36. The Morgan fingerprint density at radius 3 is 2.54 bits per heavy atom. The normalized spacial score (nSPS) is 10.2. The zero-order valence-electron chi connectivity index (χ0n) is 6.55. The Morgan fingerprint density at radius 1 is 1.31 bits per heavy atom. The van der Waals surface area contributed by atoms with E-state index < -0.39 is 0 Å². The molecule has 5 heteroatoms. The summed E-state index contributed by atoms with van der Waals surface area (Å²) in [6.07, 6.45) is 4.71. The summed E-state index contributed by atoms with van der Waals surface area (Å²) in [7, 11) is 0. The van der Waals surface area contributed by atoms with Crippen LogP contribution in [-0.4, -0.2) is 19.9 Å². The van der Waals surface area contributed by atoms with Gasteiger partial charge in [-0.2, -0.15) is 5.10 Å². The number of hydrogen-bond acceptors (Lipinski definition) is 3. The van der Waals surface area contributed by atoms with E-state index in [9.17, 15) is 5.11 Å². The minimum Gasteiger partial charge on any atom is -0.504 e. The van der Waals surface area contributed by atoms with Gasteiger partial charge in [0.15, 0.2) is 10.4 Å². The SMILES string of the molecule is Oc1cnn(-c2ccncc2)c1Br. The van der Waals surface area contributed by atoms with Gasteiger partial charge in [0.1, 0.15) is 0 Å². The lowest BCUT2D eigenvalue weighted by atomic mass is 10.4. The lowest BCUT2D eigenvalue weighted by Gasteiger charge is -2.00. The first-order chi connectivity index (χ1) is 6.29. The third-order valence-corrected chi connectivity index (χ3v) is 2.34. The van der Waals surface area contributed by atoms with Crippen molar-refractivity contribution in [1.29, 1.82) is 0 Å². The van der Waals surface area contributed by atoms with E-state index >= 15 is 0 Å². The molecule has 1 N–H and O–H groups in total. The number of pyridine rings is 1. The molecule has 0 aromatic carbocycles. The molecule has 0 amide bonds. The van der Waals surface area contributed by atoms with Crippen LogP contribution in [0.15, 0.2) is 35.3 Å². The van der Waals surface area contributed by atoms with Gasteiger partial charge in [-0.05, 0) is 28.1 Å². The van der Waals surface area contributed by atoms with Gasteiger partial charge >= 0.3 is 0 Å². The zero-order valence-corrected chi connectivity index (χ0v) is 8.14. The molecule has 2 aromatic heterocycles. The fourth-order valence-electron chi connectivity index (χ4n) is 0.990. The van der Waals surface area contributed by atoms with Crippen molar-refractivity contribution in [2.75, 3.05) is 0 Å². The maximum atomic E-state index is 9.26. The van der Waals surface area contributed by atoms with Gasteiger partial charge < -0.3 is 5.11 Å². The van der Waals surface area contributed by atoms with Gasteiger partial charge in [-0.25, -0.2) is 4.68 Å². The molecule has 2 aromatic rings. The van der Waals surface area contributed by atoms with Gasteiger partial charge in [0.05, 0.1) is 11.9 Å². The molecule has 66 valence electrons. The van der Waals surface area contributed by atoms with Gasteiger partial charge in [-0.1, -0.05) is 0 Å². The summed E-state index contributed by atoms with van der Waals surface area (Å²) in [4.78, 5) is 3.89. The van der Waals surface area contributed by atoms with Crippen molar-refractivity contribution >= 4 is 15.9 Å². The number of halogens is 1. The summed E-state index contributed by atoms with van der Waals surface area (Å²) < 4.78 is 2.12. The molecule has 2 rings (SSSR count). The van der Waals surface area contributed by atoms with Crippen molar-refractivity contribution in [3.8, 4) is 11.4 Å². The second-order valence-corrected chi connectivity index (χ2v) is 3.19. The topological polar surface area (TPSA) is 50.9 Å². The molecule has 4 nitrogen and oxygen atoms in total. The van der Waals surface area contributed by atoms with Crippen LogP contribution in [0.3, 0.4) is 0 Å². The Kier molecular flexibility index (Phi) is 2.02. The van der Waals surface area contributed by atoms with E-state index in [0.29, 0.717) is 4.60 Å². The third kappa shape index (κ3) is 1.42. The minimum atomic E-state index is 0.122. The van der Waals surface area contributed by atoms with Gasteiger partial charge in [0, 0.05) is 12.4 Å². The van der Waals surface area contributed by atoms with Crippen LogP contribution < -0.4 is 0 Å². The van der Waals surface area contributed by atoms with Crippen LogP contribution in [0, 0.1) is 0 Å². The van der Waals surface area contributed by atoms with E-state index in [2.05, 4.69) is 26.0 Å². The molecule has 0 aliphatic rings. The highest BCUT2D eigenvalue weighted by Gasteiger charge is 2.06. The van der Waals surface area contributed by atoms with Crippen LogP contribution in [0.25, 0.3) is 5.69 Å². The monoisotopic (exact) mass is 239 g/mol. The highest BCUT2D eigenvalue weighted by Crippen LogP contribution is 2.24. The summed E-state index contributed by atoms with van der Waals surface area (Å²) in [5.41, 5.74) is 0.849. The van der Waals surface area contributed by atoms with Gasteiger partial charge in [0.2, 0.25) is 0 Å². The molecule has 0 unspecified atom stereocenters. The Bertz CT molecular complexity index is 413. The lowest BCUT2D eigenvalue weighted by Crippen LogP contribution is -1.95. The average Bonchev–Trinajstić information content (AvgIpc) is 2.49. The van der Waals surface area contributed by atoms with Crippen molar-refractivity contribution in [2.24, 2.45) is 0 Å². The Morgan fingerprint density at radius 2 is 2.00 bits per heavy atom. The summed E-state index contributed by atoms with van der Waals surface area (Å²) in [6, 6.07) is 3.61. The van der Waals surface area contributed by atoms with Crippen LogP contribution >= 0.6 is 15.9 Å². The first kappa shape index (κ1) is 8.25. The first-order valence-electron chi connectivity index (χ1n) is 3.62. The van der Waals surface area contributed by atoms with E-state index in [1.54, 1.807) is 29.2 Å². The molecule has 13 heavy (non-hydrogen) atoms. The molecular weight excluding hydrogens is 234 g/mol. The van der Waals surface area contributed by atoms with Crippen LogP contribution in [0.2, 0.25) is 0 Å². The number of hydrogen-bond donors (Lipinski definition) is 1. The fourth-order valence-corrected chi connectivity index (χ4v) is 1.39. The minimum absolute atomic E-state index is 0.122. The van der Waals surface area contributed by atoms with E-state index in [-0.39, 0.29) is 5.75 Å². The van der Waals surface area contributed by atoms with E-state index in [1.807, 2.05) is 0 Å². The summed E-state index contributed by atoms with van der Waals surface area (Å²) in [5.74, 6) is 0.122. The van der Waals surface area contributed by atoms with Gasteiger partial charge in [-0.3, -0.25) is 4.98 Å². The molecule has 2 heterocycles. The maximum absolute atomic E-state index is 9.26. The Labute approximate surface area is 83.0 Å². The number of aromatic hydroxyl groups is 1. The Balaban J connectivity index is 2.53. The molecule has 0 saturated heterocycles. The summed E-state index contributed by atoms with van der Waals surface area (Å²) >= 11 is 3.22. The second kappa shape index (κ2) is 3.18. The molecule has 0 saturated carbocycles. The molecule has 0 fully saturated rings. The predicted molar refractivity (Wildman–Crippen MR) is 50.7 cm³/mol. The van der Waals surface area contributed by atoms with Crippen LogP contribution in [0.4, 0.5) is 0 Å². The first-order valence-corrected chi connectivity index (χ1v) is 4.41. The molecule has 0 radical (unpaired) electrons. The number of rotatable bonds is 1. The molecule has 0 spiro atoms. The zero-order chi connectivity index (χ0) is 9.26. The van der Waals surface area contributed by atoms with Crippen LogP contribution in [0.1, 0.15) is 0 Å². The molecular formula is C8H6BrN3O. The largest absolute Gasteiger partial charge is 0.504 e. The van der Waals surface area contributed by atoms with E-state index in [1.165, 1.54) is 6.20 Å². The maximum Gasteiger partial charge on any atom is 0.168 e. The van der Waals surface area contributed by atoms with Crippen molar-refractivity contribution in [3.63, 3.8) is 0 Å². The van der Waals surface area contributed by atoms with Gasteiger partial charge in [-0.15, -0.1) is 0 Å². The van der Waals surface area contributed by atoms with Crippen molar-refractivity contribution in [2.45, 2.75) is 0 Å². The van der Waals surface area contributed by atoms with Crippen molar-refractivity contribution < 1.29 is 5.11 Å². The van der Waals surface area contributed by atoms with Gasteiger partial charge in [0.25, 0.3) is 0 Å². The fraction of sp³-hybridized carbons (Fsp3) is 0. The number of nitrogens with zero attached hydrogens (tertiary/aromatic N) is 3. The third-order valence-electron chi connectivity index (χ3n) is 1.60. The average molecular weight is 240 g/mol. The standard InChI is InChI=1S/C8H6BrN3O/c9-8-7(13)5-11-12(8)6-1-3-10-4-2-6/h1-5,13H. The summed E-state index contributed by atoms with van der Waals surface area (Å²) in [5, 5.41) is 13.2. The van der Waals surface area contributed by atoms with E-state index in [0.717, 1.165) is 5.69 Å². The highest BCUT2D eigenvalue weighted by atomic mass is 79.9. The predicted octanol–water partition coefficient (Wildman–Crippen LogP) is 1.74. The molecule has 0 aliphatic carbocycles. The van der Waals surface area contributed by atoms with Crippen LogP contribution in [-0.2, 0) is 0 Å².